The maximum absolute atomic E-state index is 9.87. The van der Waals surface area contributed by atoms with E-state index in [0.717, 1.165) is 25.8 Å². The highest BCUT2D eigenvalue weighted by Gasteiger charge is 2.05. The molecule has 0 saturated heterocycles. The molecule has 0 spiro atoms. The van der Waals surface area contributed by atoms with Crippen LogP contribution in [0.2, 0.25) is 0 Å². The van der Waals surface area contributed by atoms with Crippen molar-refractivity contribution < 1.29 is 9.90 Å². The first kappa shape index (κ1) is 17.8. The van der Waals surface area contributed by atoms with E-state index >= 15 is 0 Å². The molecule has 0 radical (unpaired) electrons. The fourth-order valence-corrected chi connectivity index (χ4v) is 1.03. The van der Waals surface area contributed by atoms with Gasteiger partial charge < -0.3 is 10.4 Å². The fraction of sp³-hybridized carbons (Fsp3) is 0.923. The number of hydrogen-bond donors (Lipinski definition) is 2. The van der Waals surface area contributed by atoms with Crippen LogP contribution >= 0.6 is 0 Å². The second-order valence-corrected chi connectivity index (χ2v) is 5.03. The lowest BCUT2D eigenvalue weighted by molar-refractivity contribution is -0.137. The summed E-state index contributed by atoms with van der Waals surface area (Å²) < 4.78 is 0. The predicted molar refractivity (Wildman–Crippen MR) is 69.8 cm³/mol. The van der Waals surface area contributed by atoms with Gasteiger partial charge in [-0.25, -0.2) is 0 Å². The van der Waals surface area contributed by atoms with Crippen LogP contribution in [0, 0.1) is 0 Å². The molecule has 2 N–H and O–H groups in total. The first-order valence-electron chi connectivity index (χ1n) is 6.30. The van der Waals surface area contributed by atoms with Crippen molar-refractivity contribution in [3.8, 4) is 0 Å². The number of hydrogen-bond acceptors (Lipinski definition) is 2. The Balaban J connectivity index is 0. The van der Waals surface area contributed by atoms with Gasteiger partial charge in [0.1, 0.15) is 0 Å². The molecule has 0 aliphatic carbocycles. The minimum Gasteiger partial charge on any atom is -0.481 e. The van der Waals surface area contributed by atoms with Crippen LogP contribution in [0.15, 0.2) is 0 Å². The summed E-state index contributed by atoms with van der Waals surface area (Å²) in [6, 6.07) is 0. The number of carboxylic acid groups (broad SMARTS) is 1. The summed E-state index contributed by atoms with van der Waals surface area (Å²) in [5.41, 5.74) is 0.302. The Kier molecular flexibility index (Phi) is 12.2. The highest BCUT2D eigenvalue weighted by atomic mass is 16.4. The van der Waals surface area contributed by atoms with E-state index in [2.05, 4.69) is 39.9 Å². The predicted octanol–water partition coefficient (Wildman–Crippen LogP) is 3.44. The highest BCUT2D eigenvalue weighted by Crippen LogP contribution is 1.97. The Hall–Kier alpha value is -0.570. The van der Waals surface area contributed by atoms with Crippen LogP contribution in [-0.2, 0) is 4.79 Å². The zero-order valence-corrected chi connectivity index (χ0v) is 11.6. The molecule has 16 heavy (non-hydrogen) atoms. The Morgan fingerprint density at radius 2 is 1.69 bits per heavy atom. The van der Waals surface area contributed by atoms with Gasteiger partial charge in [-0.05, 0) is 40.2 Å². The third kappa shape index (κ3) is 23.3. The summed E-state index contributed by atoms with van der Waals surface area (Å²) in [7, 11) is 0. The summed E-state index contributed by atoms with van der Waals surface area (Å²) in [5.74, 6) is -0.682. The topological polar surface area (TPSA) is 49.3 Å². The molecule has 0 aromatic carbocycles. The number of aliphatic carboxylic acids is 1. The van der Waals surface area contributed by atoms with Crippen LogP contribution in [0.3, 0.4) is 0 Å². The summed E-state index contributed by atoms with van der Waals surface area (Å²) in [4.78, 5) is 9.87. The standard InChI is InChI=1S/C7H17N.C6H12O2/c1-5-6-8-7(2,3)4;1-2-3-4-5-6(7)8/h8H,5-6H2,1-4H3;2-5H2,1H3,(H,7,8). The van der Waals surface area contributed by atoms with E-state index in [9.17, 15) is 4.79 Å². The molecule has 98 valence electrons. The molecule has 3 heteroatoms. The van der Waals surface area contributed by atoms with Crippen molar-refractivity contribution in [1.82, 2.24) is 5.32 Å². The Morgan fingerprint density at radius 1 is 1.12 bits per heavy atom. The summed E-state index contributed by atoms with van der Waals surface area (Å²) in [6.07, 6.45) is 4.50. The lowest BCUT2D eigenvalue weighted by Crippen LogP contribution is -2.36. The van der Waals surface area contributed by atoms with Crippen LogP contribution in [-0.4, -0.2) is 23.2 Å². The van der Waals surface area contributed by atoms with Crippen LogP contribution in [0.4, 0.5) is 0 Å². The van der Waals surface area contributed by atoms with Gasteiger partial charge in [-0.2, -0.15) is 0 Å². The molecule has 0 heterocycles. The van der Waals surface area contributed by atoms with E-state index in [0.29, 0.717) is 12.0 Å². The minimum absolute atomic E-state index is 0.302. The number of carboxylic acids is 1. The van der Waals surface area contributed by atoms with Crippen LogP contribution in [0.25, 0.3) is 0 Å². The van der Waals surface area contributed by atoms with E-state index in [1.807, 2.05) is 0 Å². The minimum atomic E-state index is -0.682. The van der Waals surface area contributed by atoms with Gasteiger partial charge in [0.15, 0.2) is 0 Å². The van der Waals surface area contributed by atoms with E-state index < -0.39 is 5.97 Å². The molecule has 0 saturated carbocycles. The first-order valence-corrected chi connectivity index (χ1v) is 6.30. The molecular formula is C13H29NO2. The Morgan fingerprint density at radius 3 is 1.94 bits per heavy atom. The van der Waals surface area contributed by atoms with Gasteiger partial charge in [0, 0.05) is 12.0 Å². The molecule has 0 aromatic heterocycles. The van der Waals surface area contributed by atoms with Gasteiger partial charge in [0.25, 0.3) is 0 Å². The van der Waals surface area contributed by atoms with Gasteiger partial charge in [-0.15, -0.1) is 0 Å². The van der Waals surface area contributed by atoms with Gasteiger partial charge in [-0.3, -0.25) is 4.79 Å². The SMILES string of the molecule is CCCCCC(=O)O.CCCNC(C)(C)C. The maximum Gasteiger partial charge on any atom is 0.303 e. The Bertz CT molecular complexity index is 162. The summed E-state index contributed by atoms with van der Waals surface area (Å²) in [5, 5.41) is 11.5. The van der Waals surface area contributed by atoms with Gasteiger partial charge in [0.05, 0.1) is 0 Å². The molecule has 0 aliphatic rings. The van der Waals surface area contributed by atoms with E-state index in [-0.39, 0.29) is 0 Å². The largest absolute Gasteiger partial charge is 0.481 e. The third-order valence-electron chi connectivity index (χ3n) is 1.90. The summed E-state index contributed by atoms with van der Waals surface area (Å²) in [6.45, 7) is 11.9. The zero-order valence-electron chi connectivity index (χ0n) is 11.6. The van der Waals surface area contributed by atoms with Crippen LogP contribution in [0.1, 0.15) is 66.7 Å². The molecule has 0 aromatic rings. The van der Waals surface area contributed by atoms with Crippen molar-refractivity contribution in [3.05, 3.63) is 0 Å². The second-order valence-electron chi connectivity index (χ2n) is 5.03. The number of nitrogens with one attached hydrogen (secondary N) is 1. The number of unbranched alkanes of at least 4 members (excludes halogenated alkanes) is 2. The van der Waals surface area contributed by atoms with Crippen molar-refractivity contribution >= 4 is 5.97 Å². The monoisotopic (exact) mass is 231 g/mol. The first-order chi connectivity index (χ1) is 7.33. The molecule has 0 aliphatic heterocycles. The average Bonchev–Trinajstić information content (AvgIpc) is 2.14. The van der Waals surface area contributed by atoms with E-state index in [1.54, 1.807) is 0 Å². The summed E-state index contributed by atoms with van der Waals surface area (Å²) >= 11 is 0. The molecular weight excluding hydrogens is 202 g/mol. The van der Waals surface area contributed by atoms with E-state index in [1.165, 1.54) is 6.42 Å². The molecule has 0 atom stereocenters. The molecule has 0 unspecified atom stereocenters. The second kappa shape index (κ2) is 10.9. The van der Waals surface area contributed by atoms with Crippen molar-refractivity contribution in [1.29, 1.82) is 0 Å². The molecule has 3 nitrogen and oxygen atoms in total. The Labute approximate surface area is 101 Å². The molecule has 0 fully saturated rings. The number of rotatable bonds is 6. The third-order valence-corrected chi connectivity index (χ3v) is 1.90. The van der Waals surface area contributed by atoms with Crippen LogP contribution in [0.5, 0.6) is 0 Å². The van der Waals surface area contributed by atoms with Gasteiger partial charge in [-0.1, -0.05) is 26.7 Å². The maximum atomic E-state index is 9.87. The highest BCUT2D eigenvalue weighted by molar-refractivity contribution is 5.66. The van der Waals surface area contributed by atoms with Gasteiger partial charge >= 0.3 is 5.97 Å². The lowest BCUT2D eigenvalue weighted by Gasteiger charge is -2.19. The lowest BCUT2D eigenvalue weighted by atomic mass is 10.1. The van der Waals surface area contributed by atoms with Gasteiger partial charge in [0.2, 0.25) is 0 Å². The average molecular weight is 231 g/mol. The quantitative estimate of drug-likeness (QED) is 0.688. The molecule has 0 amide bonds. The molecule has 0 rings (SSSR count). The smallest absolute Gasteiger partial charge is 0.303 e. The zero-order chi connectivity index (χ0) is 13.0. The van der Waals surface area contributed by atoms with Crippen molar-refractivity contribution in [2.45, 2.75) is 72.3 Å². The van der Waals surface area contributed by atoms with E-state index in [4.69, 9.17) is 5.11 Å². The molecule has 0 bridgehead atoms. The van der Waals surface area contributed by atoms with Crippen molar-refractivity contribution in [3.63, 3.8) is 0 Å². The fourth-order valence-electron chi connectivity index (χ4n) is 1.03. The normalized spacial score (nSPS) is 10.6. The number of carbonyl (C=O) groups is 1. The van der Waals surface area contributed by atoms with Crippen LogP contribution < -0.4 is 5.32 Å². The van der Waals surface area contributed by atoms with Crippen molar-refractivity contribution in [2.24, 2.45) is 0 Å². The van der Waals surface area contributed by atoms with Crippen molar-refractivity contribution in [2.75, 3.05) is 6.54 Å².